The van der Waals surface area contributed by atoms with Gasteiger partial charge in [-0.15, -0.1) is 0 Å². The summed E-state index contributed by atoms with van der Waals surface area (Å²) >= 11 is 0. The number of amides is 1. The molecule has 0 radical (unpaired) electrons. The second-order valence-electron chi connectivity index (χ2n) is 3.95. The summed E-state index contributed by atoms with van der Waals surface area (Å²) in [4.78, 5) is 13.6. The van der Waals surface area contributed by atoms with Crippen LogP contribution in [-0.2, 0) is 11.2 Å². The lowest BCUT2D eigenvalue weighted by Gasteiger charge is -2.32. The first-order valence-corrected chi connectivity index (χ1v) is 5.36. The third kappa shape index (κ3) is 1.88. The van der Waals surface area contributed by atoms with Crippen LogP contribution >= 0.6 is 0 Å². The van der Waals surface area contributed by atoms with Gasteiger partial charge in [0.1, 0.15) is 0 Å². The molecule has 1 aliphatic heterocycles. The summed E-state index contributed by atoms with van der Waals surface area (Å²) in [6.07, 6.45) is 1.39. The van der Waals surface area contributed by atoms with E-state index in [1.54, 1.807) is 0 Å². The van der Waals surface area contributed by atoms with Crippen molar-refractivity contribution in [1.82, 2.24) is 0 Å². The molecule has 2 N–H and O–H groups in total. The Balaban J connectivity index is 2.38. The number of rotatable bonds is 1. The number of anilines is 1. The van der Waals surface area contributed by atoms with Gasteiger partial charge < -0.3 is 10.6 Å². The SMILES string of the molecule is CCC(=O)N1C[C@H](N)Cc2ccccc21. The van der Waals surface area contributed by atoms with Crippen LogP contribution < -0.4 is 10.6 Å². The molecule has 2 rings (SSSR count). The molecule has 80 valence electrons. The maximum Gasteiger partial charge on any atom is 0.226 e. The number of para-hydroxylation sites is 1. The predicted molar refractivity (Wildman–Crippen MR) is 60.8 cm³/mol. The number of hydrogen-bond donors (Lipinski definition) is 1. The number of fused-ring (bicyclic) bond motifs is 1. The van der Waals surface area contributed by atoms with Gasteiger partial charge in [-0.2, -0.15) is 0 Å². The molecule has 0 saturated heterocycles. The summed E-state index contributed by atoms with van der Waals surface area (Å²) < 4.78 is 0. The third-order valence-electron chi connectivity index (χ3n) is 2.79. The van der Waals surface area contributed by atoms with E-state index in [0.717, 1.165) is 12.1 Å². The molecule has 1 atom stereocenters. The van der Waals surface area contributed by atoms with E-state index in [9.17, 15) is 4.79 Å². The van der Waals surface area contributed by atoms with Gasteiger partial charge in [0, 0.05) is 24.7 Å². The van der Waals surface area contributed by atoms with Gasteiger partial charge in [-0.1, -0.05) is 25.1 Å². The summed E-state index contributed by atoms with van der Waals surface area (Å²) in [5.41, 5.74) is 8.15. The fourth-order valence-electron chi connectivity index (χ4n) is 2.05. The molecule has 0 bridgehead atoms. The van der Waals surface area contributed by atoms with Crippen LogP contribution in [0.5, 0.6) is 0 Å². The average molecular weight is 204 g/mol. The first-order valence-electron chi connectivity index (χ1n) is 5.36. The average Bonchev–Trinajstić information content (AvgIpc) is 2.26. The van der Waals surface area contributed by atoms with Gasteiger partial charge in [0.2, 0.25) is 5.91 Å². The monoisotopic (exact) mass is 204 g/mol. The van der Waals surface area contributed by atoms with E-state index in [-0.39, 0.29) is 11.9 Å². The lowest BCUT2D eigenvalue weighted by Crippen LogP contribution is -2.46. The number of carbonyl (C=O) groups is 1. The lowest BCUT2D eigenvalue weighted by molar-refractivity contribution is -0.118. The van der Waals surface area contributed by atoms with E-state index in [2.05, 4.69) is 0 Å². The molecule has 3 heteroatoms. The zero-order chi connectivity index (χ0) is 10.8. The fourth-order valence-corrected chi connectivity index (χ4v) is 2.05. The molecule has 1 aliphatic rings. The van der Waals surface area contributed by atoms with Gasteiger partial charge in [0.15, 0.2) is 0 Å². The van der Waals surface area contributed by atoms with Crippen molar-refractivity contribution in [2.24, 2.45) is 5.73 Å². The highest BCUT2D eigenvalue weighted by Crippen LogP contribution is 2.26. The molecule has 1 aromatic carbocycles. The Bertz CT molecular complexity index is 376. The van der Waals surface area contributed by atoms with Crippen molar-refractivity contribution < 1.29 is 4.79 Å². The molecule has 0 fully saturated rings. The third-order valence-corrected chi connectivity index (χ3v) is 2.79. The molecular weight excluding hydrogens is 188 g/mol. The zero-order valence-electron chi connectivity index (χ0n) is 8.94. The van der Waals surface area contributed by atoms with Crippen molar-refractivity contribution in [3.8, 4) is 0 Å². The number of nitrogens with two attached hydrogens (primary N) is 1. The summed E-state index contributed by atoms with van der Waals surface area (Å²) in [5.74, 6) is 0.151. The van der Waals surface area contributed by atoms with Gasteiger partial charge in [-0.05, 0) is 18.1 Å². The Morgan fingerprint density at radius 3 is 3.00 bits per heavy atom. The normalized spacial score (nSPS) is 19.9. The van der Waals surface area contributed by atoms with Crippen LogP contribution in [0.15, 0.2) is 24.3 Å². The predicted octanol–water partition coefficient (Wildman–Crippen LogP) is 1.31. The molecule has 15 heavy (non-hydrogen) atoms. The Morgan fingerprint density at radius 1 is 1.53 bits per heavy atom. The minimum absolute atomic E-state index is 0.0652. The van der Waals surface area contributed by atoms with E-state index >= 15 is 0 Å². The highest BCUT2D eigenvalue weighted by atomic mass is 16.2. The molecule has 0 aromatic heterocycles. The van der Waals surface area contributed by atoms with Crippen LogP contribution in [0.3, 0.4) is 0 Å². The first kappa shape index (κ1) is 10.2. The van der Waals surface area contributed by atoms with Crippen LogP contribution in [0.1, 0.15) is 18.9 Å². The van der Waals surface area contributed by atoms with Crippen LogP contribution in [0.4, 0.5) is 5.69 Å². The number of carbonyl (C=O) groups excluding carboxylic acids is 1. The van der Waals surface area contributed by atoms with Crippen molar-refractivity contribution in [2.45, 2.75) is 25.8 Å². The summed E-state index contributed by atoms with van der Waals surface area (Å²) in [5, 5.41) is 0. The molecule has 0 spiro atoms. The minimum Gasteiger partial charge on any atom is -0.326 e. The molecule has 1 aromatic rings. The van der Waals surface area contributed by atoms with Crippen LogP contribution in [0, 0.1) is 0 Å². The Labute approximate surface area is 89.9 Å². The van der Waals surface area contributed by atoms with Gasteiger partial charge >= 0.3 is 0 Å². The summed E-state index contributed by atoms with van der Waals surface area (Å²) in [7, 11) is 0. The highest BCUT2D eigenvalue weighted by Gasteiger charge is 2.24. The van der Waals surface area contributed by atoms with Crippen molar-refractivity contribution in [1.29, 1.82) is 0 Å². The summed E-state index contributed by atoms with van der Waals surface area (Å²) in [6.45, 7) is 2.52. The topological polar surface area (TPSA) is 46.3 Å². The number of nitrogens with zero attached hydrogens (tertiary/aromatic N) is 1. The molecule has 3 nitrogen and oxygen atoms in total. The molecule has 0 aliphatic carbocycles. The quantitative estimate of drug-likeness (QED) is 0.749. The Morgan fingerprint density at radius 2 is 2.27 bits per heavy atom. The van der Waals surface area contributed by atoms with E-state index in [1.165, 1.54) is 5.56 Å². The maximum absolute atomic E-state index is 11.7. The van der Waals surface area contributed by atoms with Crippen LogP contribution in [0.25, 0.3) is 0 Å². The van der Waals surface area contributed by atoms with E-state index in [4.69, 9.17) is 5.73 Å². The van der Waals surface area contributed by atoms with Crippen molar-refractivity contribution in [3.05, 3.63) is 29.8 Å². The van der Waals surface area contributed by atoms with Crippen LogP contribution in [0.2, 0.25) is 0 Å². The van der Waals surface area contributed by atoms with Crippen molar-refractivity contribution >= 4 is 11.6 Å². The number of hydrogen-bond acceptors (Lipinski definition) is 2. The van der Waals surface area contributed by atoms with Crippen molar-refractivity contribution in [2.75, 3.05) is 11.4 Å². The largest absolute Gasteiger partial charge is 0.326 e. The van der Waals surface area contributed by atoms with E-state index in [0.29, 0.717) is 13.0 Å². The Kier molecular flexibility index (Phi) is 2.73. The molecule has 0 saturated carbocycles. The molecule has 1 heterocycles. The van der Waals surface area contributed by atoms with Gasteiger partial charge in [0.05, 0.1) is 0 Å². The minimum atomic E-state index is 0.0652. The van der Waals surface area contributed by atoms with E-state index < -0.39 is 0 Å². The van der Waals surface area contributed by atoms with Gasteiger partial charge in [0.25, 0.3) is 0 Å². The molecule has 0 unspecified atom stereocenters. The number of benzene rings is 1. The zero-order valence-corrected chi connectivity index (χ0v) is 8.94. The van der Waals surface area contributed by atoms with Crippen LogP contribution in [-0.4, -0.2) is 18.5 Å². The first-order chi connectivity index (χ1) is 7.22. The van der Waals surface area contributed by atoms with Gasteiger partial charge in [-0.25, -0.2) is 0 Å². The molecule has 1 amide bonds. The smallest absolute Gasteiger partial charge is 0.226 e. The van der Waals surface area contributed by atoms with Gasteiger partial charge in [-0.3, -0.25) is 4.79 Å². The maximum atomic E-state index is 11.7. The second kappa shape index (κ2) is 4.03. The van der Waals surface area contributed by atoms with E-state index in [1.807, 2.05) is 36.1 Å². The van der Waals surface area contributed by atoms with Crippen molar-refractivity contribution in [3.63, 3.8) is 0 Å². The fraction of sp³-hybridized carbons (Fsp3) is 0.417. The standard InChI is InChI=1S/C12H16N2O/c1-2-12(15)14-8-10(13)7-9-5-3-4-6-11(9)14/h3-6,10H,2,7-8,13H2,1H3/t10-/m1/s1. The Hall–Kier alpha value is -1.35. The summed E-state index contributed by atoms with van der Waals surface area (Å²) in [6, 6.07) is 8.06. The highest BCUT2D eigenvalue weighted by molar-refractivity contribution is 5.94. The molecular formula is C12H16N2O. The lowest BCUT2D eigenvalue weighted by atomic mass is 9.98. The second-order valence-corrected chi connectivity index (χ2v) is 3.95.